The summed E-state index contributed by atoms with van der Waals surface area (Å²) in [5, 5.41) is 9.46. The maximum atomic E-state index is 6.72. The standard InChI is InChI=1S/C67H56N2O2/c1-41-19-9-13-25-55(41)68(57-27-17-23-53-49-21-11-15-29-59(49)70-63(53)57)45-33-37-47-43(39-45)31-35-51-52-36-32-44-40-46(34-38-48(44)62(52)67(61(47)51,65(3,4)5)66(6,7)8)69(56-26-14-10-20-42(56)2)58-28-18-24-54-50-22-12-16-30-60(50)71-64(54)58/h9-40H,1-8H3. The van der Waals surface area contributed by atoms with Gasteiger partial charge in [-0.1, -0.05) is 175 Å². The molecule has 0 saturated carbocycles. The molecule has 0 N–H and O–H groups in total. The largest absolute Gasteiger partial charge is 0.454 e. The van der Waals surface area contributed by atoms with Gasteiger partial charge in [0.25, 0.3) is 0 Å². The van der Waals surface area contributed by atoms with Crippen molar-refractivity contribution >= 4 is 99.5 Å². The summed E-state index contributed by atoms with van der Waals surface area (Å²) in [4.78, 5) is 4.78. The third kappa shape index (κ3) is 6.16. The van der Waals surface area contributed by atoms with Crippen LogP contribution in [0.15, 0.2) is 203 Å². The molecule has 0 radical (unpaired) electrons. The molecule has 0 fully saturated rings. The zero-order valence-corrected chi connectivity index (χ0v) is 41.7. The highest BCUT2D eigenvalue weighted by Gasteiger charge is 2.59. The lowest BCUT2D eigenvalue weighted by molar-refractivity contribution is 0.0977. The molecule has 0 spiro atoms. The normalized spacial score (nSPS) is 13.5. The van der Waals surface area contributed by atoms with E-state index in [2.05, 4.69) is 247 Å². The monoisotopic (exact) mass is 920 g/mol. The van der Waals surface area contributed by atoms with Crippen LogP contribution in [0.1, 0.15) is 63.8 Å². The quantitative estimate of drug-likeness (QED) is 0.166. The molecule has 2 aromatic heterocycles. The minimum atomic E-state index is -0.391. The first kappa shape index (κ1) is 43.0. The van der Waals surface area contributed by atoms with Crippen molar-refractivity contribution in [3.05, 3.63) is 216 Å². The van der Waals surface area contributed by atoms with E-state index in [4.69, 9.17) is 8.83 Å². The Labute approximate surface area is 415 Å². The minimum absolute atomic E-state index is 0.195. The molecule has 0 amide bonds. The first-order valence-corrected chi connectivity index (χ1v) is 25.0. The molecule has 1 aliphatic rings. The van der Waals surface area contributed by atoms with Gasteiger partial charge in [-0.25, -0.2) is 0 Å². The molecule has 0 bridgehead atoms. The summed E-state index contributed by atoms with van der Waals surface area (Å²) in [5.41, 5.74) is 17.0. The molecule has 12 aromatic rings. The average Bonchev–Trinajstić information content (AvgIpc) is 4.06. The number of para-hydroxylation sites is 6. The molecule has 0 aliphatic heterocycles. The Morgan fingerprint density at radius 3 is 1.15 bits per heavy atom. The number of anilines is 6. The third-order valence-corrected chi connectivity index (χ3v) is 15.8. The summed E-state index contributed by atoms with van der Waals surface area (Å²) in [6, 6.07) is 70.9. The van der Waals surface area contributed by atoms with Crippen molar-refractivity contribution in [1.29, 1.82) is 0 Å². The molecule has 0 saturated heterocycles. The predicted octanol–water partition coefficient (Wildman–Crippen LogP) is 19.7. The highest BCUT2D eigenvalue weighted by Crippen LogP contribution is 2.67. The molecule has 4 nitrogen and oxygen atoms in total. The SMILES string of the molecule is Cc1ccccc1N(c1ccc2c3c(ccc2c1)-c1ccc2cc(N(c4ccccc4C)c4cccc5c4oc4ccccc45)ccc2c1C3(C(C)(C)C)C(C)(C)C)c1cccc2c1oc1ccccc12. The summed E-state index contributed by atoms with van der Waals surface area (Å²) >= 11 is 0. The van der Waals surface area contributed by atoms with Crippen LogP contribution in [0.3, 0.4) is 0 Å². The topological polar surface area (TPSA) is 32.8 Å². The number of furan rings is 2. The van der Waals surface area contributed by atoms with Gasteiger partial charge < -0.3 is 18.6 Å². The van der Waals surface area contributed by atoms with E-state index in [0.717, 1.165) is 78.0 Å². The molecule has 13 rings (SSSR count). The summed E-state index contributed by atoms with van der Waals surface area (Å²) in [6.45, 7) is 19.1. The summed E-state index contributed by atoms with van der Waals surface area (Å²) in [6.07, 6.45) is 0. The number of rotatable bonds is 6. The van der Waals surface area contributed by atoms with Crippen LogP contribution in [0, 0.1) is 24.7 Å². The second-order valence-electron chi connectivity index (χ2n) is 21.8. The number of nitrogens with zero attached hydrogens (tertiary/aromatic N) is 2. The van der Waals surface area contributed by atoms with Crippen molar-refractivity contribution < 1.29 is 8.83 Å². The molecular formula is C67H56N2O2. The van der Waals surface area contributed by atoms with Crippen LogP contribution in [0.4, 0.5) is 34.1 Å². The average molecular weight is 921 g/mol. The van der Waals surface area contributed by atoms with Crippen molar-refractivity contribution in [2.24, 2.45) is 10.8 Å². The van der Waals surface area contributed by atoms with Gasteiger partial charge in [0, 0.05) is 49.7 Å². The van der Waals surface area contributed by atoms with Gasteiger partial charge in [0.05, 0.1) is 11.4 Å². The van der Waals surface area contributed by atoms with Gasteiger partial charge in [-0.3, -0.25) is 0 Å². The summed E-state index contributed by atoms with van der Waals surface area (Å²) in [7, 11) is 0. The van der Waals surface area contributed by atoms with Gasteiger partial charge in [-0.05, 0) is 140 Å². The lowest BCUT2D eigenvalue weighted by Crippen LogP contribution is -2.50. The van der Waals surface area contributed by atoms with E-state index in [1.807, 2.05) is 12.1 Å². The fourth-order valence-electron chi connectivity index (χ4n) is 13.2. The van der Waals surface area contributed by atoms with Crippen LogP contribution in [0.5, 0.6) is 0 Å². The van der Waals surface area contributed by atoms with E-state index in [1.54, 1.807) is 0 Å². The van der Waals surface area contributed by atoms with E-state index in [0.29, 0.717) is 0 Å². The lowest BCUT2D eigenvalue weighted by atomic mass is 9.49. The van der Waals surface area contributed by atoms with E-state index in [-0.39, 0.29) is 10.8 Å². The van der Waals surface area contributed by atoms with E-state index in [1.165, 1.54) is 54.9 Å². The molecule has 71 heavy (non-hydrogen) atoms. The lowest BCUT2D eigenvalue weighted by Gasteiger charge is -2.53. The van der Waals surface area contributed by atoms with Crippen molar-refractivity contribution in [2.75, 3.05) is 9.80 Å². The Kier molecular flexibility index (Phi) is 9.36. The highest BCUT2D eigenvalue weighted by atomic mass is 16.3. The molecule has 10 aromatic carbocycles. The Bertz CT molecular complexity index is 3870. The summed E-state index contributed by atoms with van der Waals surface area (Å²) in [5.74, 6) is 0. The number of hydrogen-bond acceptors (Lipinski definition) is 4. The van der Waals surface area contributed by atoms with E-state index >= 15 is 0 Å². The van der Waals surface area contributed by atoms with Crippen LogP contribution >= 0.6 is 0 Å². The molecule has 0 atom stereocenters. The number of fused-ring (bicyclic) bond motifs is 13. The smallest absolute Gasteiger partial charge is 0.159 e. The Balaban J connectivity index is 1.02. The van der Waals surface area contributed by atoms with Gasteiger partial charge in [0.2, 0.25) is 0 Å². The van der Waals surface area contributed by atoms with Crippen molar-refractivity contribution in [2.45, 2.75) is 60.8 Å². The zero-order chi connectivity index (χ0) is 48.6. The van der Waals surface area contributed by atoms with Crippen LogP contribution in [0.25, 0.3) is 76.5 Å². The molecule has 0 unspecified atom stereocenters. The predicted molar refractivity (Wildman–Crippen MR) is 300 cm³/mol. The Morgan fingerprint density at radius 2 is 0.732 bits per heavy atom. The second-order valence-corrected chi connectivity index (χ2v) is 21.8. The highest BCUT2D eigenvalue weighted by molar-refractivity contribution is 6.13. The van der Waals surface area contributed by atoms with Crippen molar-refractivity contribution in [3.63, 3.8) is 0 Å². The summed E-state index contributed by atoms with van der Waals surface area (Å²) < 4.78 is 13.4. The molecule has 346 valence electrons. The fraction of sp³-hybridized carbons (Fsp3) is 0.164. The molecule has 2 heterocycles. The maximum Gasteiger partial charge on any atom is 0.159 e. The first-order chi connectivity index (χ1) is 34.3. The number of aryl methyl sites for hydroxylation is 2. The van der Waals surface area contributed by atoms with Gasteiger partial charge in [-0.15, -0.1) is 0 Å². The van der Waals surface area contributed by atoms with Crippen LogP contribution in [0.2, 0.25) is 0 Å². The third-order valence-electron chi connectivity index (χ3n) is 15.8. The van der Waals surface area contributed by atoms with Crippen LogP contribution in [-0.4, -0.2) is 0 Å². The van der Waals surface area contributed by atoms with Gasteiger partial charge in [-0.2, -0.15) is 0 Å². The second kappa shape index (κ2) is 15.5. The van der Waals surface area contributed by atoms with Gasteiger partial charge in [0.1, 0.15) is 11.2 Å². The van der Waals surface area contributed by atoms with E-state index < -0.39 is 5.41 Å². The van der Waals surface area contributed by atoms with E-state index in [9.17, 15) is 0 Å². The number of benzene rings is 10. The van der Waals surface area contributed by atoms with Crippen molar-refractivity contribution in [1.82, 2.24) is 0 Å². The minimum Gasteiger partial charge on any atom is -0.454 e. The maximum absolute atomic E-state index is 6.72. The Hall–Kier alpha value is -8.08. The van der Waals surface area contributed by atoms with Crippen molar-refractivity contribution in [3.8, 4) is 11.1 Å². The fourth-order valence-corrected chi connectivity index (χ4v) is 13.2. The molecule has 1 aliphatic carbocycles. The number of hydrogen-bond donors (Lipinski definition) is 0. The van der Waals surface area contributed by atoms with Gasteiger partial charge >= 0.3 is 0 Å². The van der Waals surface area contributed by atoms with Crippen LogP contribution < -0.4 is 9.80 Å². The molecular weight excluding hydrogens is 865 g/mol. The van der Waals surface area contributed by atoms with Gasteiger partial charge in [0.15, 0.2) is 11.2 Å². The zero-order valence-electron chi connectivity index (χ0n) is 41.7. The van der Waals surface area contributed by atoms with Crippen LogP contribution in [-0.2, 0) is 5.41 Å². The Morgan fingerprint density at radius 1 is 0.352 bits per heavy atom. The first-order valence-electron chi connectivity index (χ1n) is 25.0. The molecule has 4 heteroatoms.